The Balaban J connectivity index is 2.08. The fourth-order valence-electron chi connectivity index (χ4n) is 3.05. The zero-order valence-electron chi connectivity index (χ0n) is 14.3. The highest BCUT2D eigenvalue weighted by molar-refractivity contribution is 5.54. The van der Waals surface area contributed by atoms with E-state index in [2.05, 4.69) is 62.1 Å². The minimum absolute atomic E-state index is 0.684. The maximum atomic E-state index is 4.50. The summed E-state index contributed by atoms with van der Waals surface area (Å²) in [7, 11) is 0. The average Bonchev–Trinajstić information content (AvgIpc) is 2.89. The molecule has 1 aromatic heterocycles. The Morgan fingerprint density at radius 1 is 1.33 bits per heavy atom. The molecule has 0 aliphatic carbocycles. The lowest BCUT2D eigenvalue weighted by Crippen LogP contribution is -2.25. The van der Waals surface area contributed by atoms with Gasteiger partial charge in [0.05, 0.1) is 0 Å². The molecule has 1 fully saturated rings. The van der Waals surface area contributed by atoms with E-state index >= 15 is 0 Å². The number of rotatable bonds is 6. The van der Waals surface area contributed by atoms with Gasteiger partial charge in [0, 0.05) is 42.8 Å². The normalized spacial score (nSPS) is 19.0. The molecule has 1 unspecified atom stereocenters. The van der Waals surface area contributed by atoms with Crippen molar-refractivity contribution in [2.24, 2.45) is 17.8 Å². The van der Waals surface area contributed by atoms with Crippen LogP contribution in [-0.2, 0) is 6.54 Å². The molecule has 21 heavy (non-hydrogen) atoms. The van der Waals surface area contributed by atoms with Crippen molar-refractivity contribution in [2.75, 3.05) is 24.5 Å². The molecule has 118 valence electrons. The summed E-state index contributed by atoms with van der Waals surface area (Å²) in [6.07, 6.45) is 3.37. The number of nitrogens with zero attached hydrogens (tertiary/aromatic N) is 2. The van der Waals surface area contributed by atoms with E-state index in [-0.39, 0.29) is 0 Å². The van der Waals surface area contributed by atoms with Gasteiger partial charge in [-0.3, -0.25) is 4.98 Å². The molecule has 1 atom stereocenters. The molecule has 1 N–H and O–H groups in total. The van der Waals surface area contributed by atoms with Crippen LogP contribution in [-0.4, -0.2) is 24.6 Å². The van der Waals surface area contributed by atoms with Crippen LogP contribution in [0.25, 0.3) is 0 Å². The minimum atomic E-state index is 0.684. The highest BCUT2D eigenvalue weighted by Crippen LogP contribution is 2.30. The van der Waals surface area contributed by atoms with Crippen LogP contribution < -0.4 is 10.2 Å². The lowest BCUT2D eigenvalue weighted by Gasteiger charge is -2.23. The molecule has 1 aliphatic heterocycles. The Hall–Kier alpha value is -1.09. The van der Waals surface area contributed by atoms with Crippen molar-refractivity contribution in [3.63, 3.8) is 0 Å². The summed E-state index contributed by atoms with van der Waals surface area (Å²) < 4.78 is 0. The second-order valence-electron chi connectivity index (χ2n) is 7.22. The van der Waals surface area contributed by atoms with E-state index in [0.29, 0.717) is 5.92 Å². The number of pyridine rings is 1. The van der Waals surface area contributed by atoms with E-state index in [1.807, 2.05) is 0 Å². The Morgan fingerprint density at radius 2 is 2.10 bits per heavy atom. The van der Waals surface area contributed by atoms with Gasteiger partial charge >= 0.3 is 0 Å². The van der Waals surface area contributed by atoms with Crippen LogP contribution in [0.15, 0.2) is 12.3 Å². The van der Waals surface area contributed by atoms with E-state index in [9.17, 15) is 0 Å². The van der Waals surface area contributed by atoms with Crippen molar-refractivity contribution < 1.29 is 0 Å². The summed E-state index contributed by atoms with van der Waals surface area (Å²) in [5.74, 6) is 2.29. The molecule has 0 bridgehead atoms. The Labute approximate surface area is 130 Å². The third kappa shape index (κ3) is 4.44. The van der Waals surface area contributed by atoms with Gasteiger partial charge in [-0.25, -0.2) is 0 Å². The second kappa shape index (κ2) is 7.26. The Bertz CT molecular complexity index is 454. The quantitative estimate of drug-likeness (QED) is 0.867. The van der Waals surface area contributed by atoms with Crippen molar-refractivity contribution in [3.05, 3.63) is 23.5 Å². The molecule has 1 aliphatic rings. The summed E-state index contributed by atoms with van der Waals surface area (Å²) in [4.78, 5) is 7.06. The maximum Gasteiger partial charge on any atom is 0.0445 e. The second-order valence-corrected chi connectivity index (χ2v) is 7.22. The molecule has 1 aromatic rings. The fourth-order valence-corrected chi connectivity index (χ4v) is 3.05. The lowest BCUT2D eigenvalue weighted by atomic mass is 9.95. The molecule has 3 heteroatoms. The van der Waals surface area contributed by atoms with Gasteiger partial charge in [-0.2, -0.15) is 0 Å². The highest BCUT2D eigenvalue weighted by atomic mass is 15.2. The number of hydrogen-bond donors (Lipinski definition) is 1. The smallest absolute Gasteiger partial charge is 0.0445 e. The molecular formula is C18H31N3. The topological polar surface area (TPSA) is 28.2 Å². The monoisotopic (exact) mass is 289 g/mol. The maximum absolute atomic E-state index is 4.50. The molecule has 0 spiro atoms. The van der Waals surface area contributed by atoms with E-state index < -0.39 is 0 Å². The summed E-state index contributed by atoms with van der Waals surface area (Å²) in [5, 5.41) is 3.55. The van der Waals surface area contributed by atoms with Crippen LogP contribution in [0.1, 0.15) is 45.4 Å². The van der Waals surface area contributed by atoms with Crippen LogP contribution in [0.4, 0.5) is 5.69 Å². The van der Waals surface area contributed by atoms with Crippen molar-refractivity contribution in [2.45, 2.75) is 47.6 Å². The Morgan fingerprint density at radius 3 is 2.71 bits per heavy atom. The van der Waals surface area contributed by atoms with E-state index in [1.54, 1.807) is 0 Å². The first-order valence-electron chi connectivity index (χ1n) is 8.38. The SMILES string of the molecule is Cc1cc(N2CCC(C(C)C)C2)c(CNCC(C)C)cn1. The predicted octanol–water partition coefficient (Wildman–Crippen LogP) is 3.62. The van der Waals surface area contributed by atoms with E-state index in [0.717, 1.165) is 30.6 Å². The first-order valence-corrected chi connectivity index (χ1v) is 8.38. The zero-order valence-corrected chi connectivity index (χ0v) is 14.3. The van der Waals surface area contributed by atoms with Crippen molar-refractivity contribution >= 4 is 5.69 Å². The Kier molecular flexibility index (Phi) is 5.63. The molecule has 2 rings (SSSR count). The number of hydrogen-bond acceptors (Lipinski definition) is 3. The number of aromatic nitrogens is 1. The van der Waals surface area contributed by atoms with Crippen LogP contribution in [0.5, 0.6) is 0 Å². The van der Waals surface area contributed by atoms with Crippen LogP contribution in [0, 0.1) is 24.7 Å². The highest BCUT2D eigenvalue weighted by Gasteiger charge is 2.26. The van der Waals surface area contributed by atoms with Crippen LogP contribution in [0.3, 0.4) is 0 Å². The van der Waals surface area contributed by atoms with E-state index in [4.69, 9.17) is 0 Å². The first kappa shape index (κ1) is 16.3. The number of anilines is 1. The van der Waals surface area contributed by atoms with Gasteiger partial charge in [0.25, 0.3) is 0 Å². The molecular weight excluding hydrogens is 258 g/mol. The third-order valence-corrected chi connectivity index (χ3v) is 4.47. The summed E-state index contributed by atoms with van der Waals surface area (Å²) in [6.45, 7) is 15.6. The molecule has 3 nitrogen and oxygen atoms in total. The number of nitrogens with one attached hydrogen (secondary N) is 1. The van der Waals surface area contributed by atoms with Gasteiger partial charge in [0.1, 0.15) is 0 Å². The van der Waals surface area contributed by atoms with Crippen LogP contribution in [0.2, 0.25) is 0 Å². The summed E-state index contributed by atoms with van der Waals surface area (Å²) in [5.41, 5.74) is 3.85. The van der Waals surface area contributed by atoms with Crippen LogP contribution >= 0.6 is 0 Å². The first-order chi connectivity index (χ1) is 9.97. The van der Waals surface area contributed by atoms with Gasteiger partial charge in [-0.05, 0) is 43.7 Å². The zero-order chi connectivity index (χ0) is 15.4. The predicted molar refractivity (Wildman–Crippen MR) is 90.7 cm³/mol. The molecule has 0 radical (unpaired) electrons. The average molecular weight is 289 g/mol. The summed E-state index contributed by atoms with van der Waals surface area (Å²) >= 11 is 0. The molecule has 0 aromatic carbocycles. The minimum Gasteiger partial charge on any atom is -0.371 e. The fraction of sp³-hybridized carbons (Fsp3) is 0.722. The molecule has 2 heterocycles. The van der Waals surface area contributed by atoms with Crippen molar-refractivity contribution in [1.29, 1.82) is 0 Å². The number of aryl methyl sites for hydroxylation is 1. The van der Waals surface area contributed by atoms with Gasteiger partial charge in [0.2, 0.25) is 0 Å². The lowest BCUT2D eigenvalue weighted by molar-refractivity contribution is 0.422. The van der Waals surface area contributed by atoms with Gasteiger partial charge in [-0.1, -0.05) is 27.7 Å². The van der Waals surface area contributed by atoms with Crippen molar-refractivity contribution in [3.8, 4) is 0 Å². The standard InChI is InChI=1S/C18H31N3/c1-13(2)9-19-10-17-11-20-15(5)8-18(17)21-7-6-16(12-21)14(3)4/h8,11,13-14,16,19H,6-7,9-10,12H2,1-5H3. The van der Waals surface area contributed by atoms with Gasteiger partial charge < -0.3 is 10.2 Å². The van der Waals surface area contributed by atoms with Gasteiger partial charge in [0.15, 0.2) is 0 Å². The van der Waals surface area contributed by atoms with Crippen molar-refractivity contribution in [1.82, 2.24) is 10.3 Å². The summed E-state index contributed by atoms with van der Waals surface area (Å²) in [6, 6.07) is 2.26. The molecule has 0 saturated carbocycles. The molecule has 0 amide bonds. The molecule has 1 saturated heterocycles. The third-order valence-electron chi connectivity index (χ3n) is 4.47. The largest absolute Gasteiger partial charge is 0.371 e. The van der Waals surface area contributed by atoms with Gasteiger partial charge in [-0.15, -0.1) is 0 Å². The van der Waals surface area contributed by atoms with E-state index in [1.165, 1.54) is 30.8 Å².